The van der Waals surface area contributed by atoms with Gasteiger partial charge in [-0.25, -0.2) is 0 Å². The van der Waals surface area contributed by atoms with Gasteiger partial charge in [0, 0.05) is 0 Å². The monoisotopic (exact) mass is 196 g/mol. The molecule has 0 aliphatic heterocycles. The van der Waals surface area contributed by atoms with Crippen LogP contribution < -0.4 is 6.15 Å². The molecule has 0 fully saturated rings. The Bertz CT molecular complexity index is 86.6. The summed E-state index contributed by atoms with van der Waals surface area (Å²) < 4.78 is 0. The number of aliphatic hydroxyl groups is 2. The minimum absolute atomic E-state index is 0. The third kappa shape index (κ3) is 9.68. The lowest BCUT2D eigenvalue weighted by atomic mass is 10.5. The van der Waals surface area contributed by atoms with Crippen molar-refractivity contribution < 1.29 is 19.9 Å². The maximum Gasteiger partial charge on any atom is 0.0942 e. The van der Waals surface area contributed by atoms with Crippen molar-refractivity contribution in [2.24, 2.45) is 0 Å². The second-order valence-corrected chi connectivity index (χ2v) is 2.17. The van der Waals surface area contributed by atoms with Crippen molar-refractivity contribution >= 4 is 0 Å². The molecule has 0 aliphatic rings. The number of hydroxylamine groups is 2. The van der Waals surface area contributed by atoms with Crippen molar-refractivity contribution in [3.8, 4) is 0 Å². The Balaban J connectivity index is 0. The molecule has 0 spiro atoms. The van der Waals surface area contributed by atoms with Crippen LogP contribution in [-0.2, 0) is 9.68 Å². The van der Waals surface area contributed by atoms with Gasteiger partial charge in [-0.05, 0) is 6.42 Å². The normalized spacial score (nSPS) is 10.2. The SMILES string of the molecule is CCCN(OCCO)OCCO.N. The Labute approximate surface area is 78.5 Å². The molecule has 0 amide bonds. The first-order valence-corrected chi connectivity index (χ1v) is 4.10. The van der Waals surface area contributed by atoms with Crippen LogP contribution in [0.3, 0.4) is 0 Å². The van der Waals surface area contributed by atoms with Crippen molar-refractivity contribution in [1.29, 1.82) is 0 Å². The van der Waals surface area contributed by atoms with Gasteiger partial charge in [0.05, 0.1) is 33.0 Å². The van der Waals surface area contributed by atoms with Crippen LogP contribution >= 0.6 is 0 Å². The lowest BCUT2D eigenvalue weighted by molar-refractivity contribution is -0.371. The van der Waals surface area contributed by atoms with Gasteiger partial charge < -0.3 is 16.4 Å². The van der Waals surface area contributed by atoms with E-state index in [0.717, 1.165) is 6.42 Å². The topological polar surface area (TPSA) is 97.2 Å². The third-order valence-electron chi connectivity index (χ3n) is 1.06. The fourth-order valence-corrected chi connectivity index (χ4v) is 0.634. The highest BCUT2D eigenvalue weighted by molar-refractivity contribution is 4.30. The zero-order chi connectivity index (χ0) is 9.23. The molecular weight excluding hydrogens is 176 g/mol. The predicted molar refractivity (Wildman–Crippen MR) is 48.1 cm³/mol. The van der Waals surface area contributed by atoms with Crippen LogP contribution in [0, 0.1) is 0 Å². The Hall–Kier alpha value is -0.240. The number of hydrogen-bond acceptors (Lipinski definition) is 6. The lowest BCUT2D eigenvalue weighted by Crippen LogP contribution is -2.28. The average molecular weight is 196 g/mol. The first kappa shape index (κ1) is 15.2. The van der Waals surface area contributed by atoms with Crippen LogP contribution in [-0.4, -0.2) is 48.4 Å². The minimum Gasteiger partial charge on any atom is -0.394 e. The number of nitrogens with zero attached hydrogens (tertiary/aromatic N) is 1. The van der Waals surface area contributed by atoms with E-state index >= 15 is 0 Å². The Morgan fingerprint density at radius 1 is 1.08 bits per heavy atom. The van der Waals surface area contributed by atoms with Crippen molar-refractivity contribution in [3.05, 3.63) is 0 Å². The summed E-state index contributed by atoms with van der Waals surface area (Å²) in [6, 6.07) is 0. The third-order valence-corrected chi connectivity index (χ3v) is 1.06. The van der Waals surface area contributed by atoms with E-state index in [2.05, 4.69) is 0 Å². The van der Waals surface area contributed by atoms with Gasteiger partial charge in [0.2, 0.25) is 0 Å². The highest BCUT2D eigenvalue weighted by Gasteiger charge is 2.02. The summed E-state index contributed by atoms with van der Waals surface area (Å²) in [5.74, 6) is 0. The number of rotatable bonds is 8. The van der Waals surface area contributed by atoms with Crippen LogP contribution in [0.5, 0.6) is 0 Å². The molecule has 0 radical (unpaired) electrons. The van der Waals surface area contributed by atoms with E-state index in [0.29, 0.717) is 6.54 Å². The molecule has 0 rings (SSSR count). The molecule has 82 valence electrons. The standard InChI is InChI=1S/C7H17NO4.H3N/c1-2-3-8(11-6-4-9)12-7-5-10;/h9-10H,2-7H2,1H3;1H3. The molecule has 0 atom stereocenters. The van der Waals surface area contributed by atoms with E-state index < -0.39 is 0 Å². The summed E-state index contributed by atoms with van der Waals surface area (Å²) in [6.45, 7) is 2.96. The smallest absolute Gasteiger partial charge is 0.0942 e. The largest absolute Gasteiger partial charge is 0.394 e. The quantitative estimate of drug-likeness (QED) is 0.461. The first-order chi connectivity index (χ1) is 5.85. The average Bonchev–Trinajstić information content (AvgIpc) is 2.10. The summed E-state index contributed by atoms with van der Waals surface area (Å²) in [6.07, 6.45) is 0.886. The molecule has 0 aliphatic carbocycles. The zero-order valence-electron chi connectivity index (χ0n) is 8.11. The fourth-order valence-electron chi connectivity index (χ4n) is 0.634. The maximum absolute atomic E-state index is 8.45. The summed E-state index contributed by atoms with van der Waals surface area (Å²) in [4.78, 5) is 9.97. The molecule has 0 bridgehead atoms. The molecule has 0 aromatic heterocycles. The molecule has 13 heavy (non-hydrogen) atoms. The van der Waals surface area contributed by atoms with Crippen LogP contribution in [0.4, 0.5) is 0 Å². The number of aliphatic hydroxyl groups excluding tert-OH is 2. The molecular formula is C7H20N2O4. The molecule has 0 unspecified atom stereocenters. The fraction of sp³-hybridized carbons (Fsp3) is 1.00. The van der Waals surface area contributed by atoms with Crippen molar-refractivity contribution in [2.45, 2.75) is 13.3 Å². The van der Waals surface area contributed by atoms with Crippen molar-refractivity contribution in [3.63, 3.8) is 0 Å². The Morgan fingerprint density at radius 2 is 1.54 bits per heavy atom. The van der Waals surface area contributed by atoms with E-state index in [4.69, 9.17) is 19.9 Å². The highest BCUT2D eigenvalue weighted by atomic mass is 16.9. The van der Waals surface area contributed by atoms with E-state index in [1.54, 1.807) is 0 Å². The van der Waals surface area contributed by atoms with Crippen LogP contribution in [0.2, 0.25) is 0 Å². The van der Waals surface area contributed by atoms with Crippen LogP contribution in [0.15, 0.2) is 0 Å². The van der Waals surface area contributed by atoms with Gasteiger partial charge in [-0.15, -0.1) is 0 Å². The lowest BCUT2D eigenvalue weighted by Gasteiger charge is -2.19. The van der Waals surface area contributed by atoms with E-state index in [1.165, 1.54) is 5.23 Å². The maximum atomic E-state index is 8.45. The van der Waals surface area contributed by atoms with E-state index in [-0.39, 0.29) is 32.6 Å². The molecule has 0 heterocycles. The first-order valence-electron chi connectivity index (χ1n) is 4.10. The Morgan fingerprint density at radius 3 is 1.85 bits per heavy atom. The predicted octanol–water partition coefficient (Wildman–Crippen LogP) is -0.292. The van der Waals surface area contributed by atoms with Gasteiger partial charge in [0.1, 0.15) is 0 Å². The molecule has 0 saturated heterocycles. The summed E-state index contributed by atoms with van der Waals surface area (Å²) >= 11 is 0. The van der Waals surface area contributed by atoms with E-state index in [9.17, 15) is 0 Å². The van der Waals surface area contributed by atoms with Gasteiger partial charge in [-0.2, -0.15) is 0 Å². The van der Waals surface area contributed by atoms with Crippen LogP contribution in [0.1, 0.15) is 13.3 Å². The van der Waals surface area contributed by atoms with Gasteiger partial charge >= 0.3 is 0 Å². The van der Waals surface area contributed by atoms with Crippen LogP contribution in [0.25, 0.3) is 0 Å². The van der Waals surface area contributed by atoms with Crippen molar-refractivity contribution in [2.75, 3.05) is 33.0 Å². The zero-order valence-corrected chi connectivity index (χ0v) is 8.11. The van der Waals surface area contributed by atoms with Gasteiger partial charge in [-0.3, -0.25) is 9.68 Å². The second kappa shape index (κ2) is 11.8. The van der Waals surface area contributed by atoms with E-state index in [1.807, 2.05) is 6.92 Å². The second-order valence-electron chi connectivity index (χ2n) is 2.17. The van der Waals surface area contributed by atoms with Crippen molar-refractivity contribution in [1.82, 2.24) is 11.4 Å². The van der Waals surface area contributed by atoms with Gasteiger partial charge in [0.15, 0.2) is 0 Å². The number of hydrogen-bond donors (Lipinski definition) is 3. The summed E-state index contributed by atoms with van der Waals surface area (Å²) in [5, 5.41) is 18.2. The molecule has 0 aromatic rings. The molecule has 0 saturated carbocycles. The minimum atomic E-state index is -0.0390. The highest BCUT2D eigenvalue weighted by Crippen LogP contribution is 1.93. The Kier molecular flexibility index (Phi) is 13.8. The molecule has 0 aromatic carbocycles. The molecule has 5 N–H and O–H groups in total. The summed E-state index contributed by atoms with van der Waals surface area (Å²) in [5.41, 5.74) is 0. The van der Waals surface area contributed by atoms with Gasteiger partial charge in [0.25, 0.3) is 0 Å². The molecule has 6 nitrogen and oxygen atoms in total. The molecule has 6 heteroatoms. The van der Waals surface area contributed by atoms with Gasteiger partial charge in [-0.1, -0.05) is 12.2 Å². The summed E-state index contributed by atoms with van der Waals surface area (Å²) in [7, 11) is 0.